The maximum atomic E-state index is 12.3. The Morgan fingerprint density at radius 1 is 1.30 bits per heavy atom. The lowest BCUT2D eigenvalue weighted by molar-refractivity contribution is 0.0948. The van der Waals surface area contributed by atoms with Gasteiger partial charge in [0, 0.05) is 55.6 Å². The number of aromatic nitrogens is 4. The van der Waals surface area contributed by atoms with E-state index in [0.717, 1.165) is 42.0 Å². The van der Waals surface area contributed by atoms with Gasteiger partial charge in [0.05, 0.1) is 0 Å². The Balaban J connectivity index is 1.32. The van der Waals surface area contributed by atoms with Crippen LogP contribution in [0, 0.1) is 0 Å². The fraction of sp³-hybridized carbons (Fsp3) is 0.500. The van der Waals surface area contributed by atoms with Crippen molar-refractivity contribution in [3.05, 3.63) is 40.7 Å². The molecule has 120 valence electrons. The van der Waals surface area contributed by atoms with E-state index in [-0.39, 0.29) is 5.91 Å². The molecule has 0 spiro atoms. The second-order valence-corrected chi connectivity index (χ2v) is 6.19. The Kier molecular flexibility index (Phi) is 3.78. The Labute approximate surface area is 134 Å². The molecule has 0 radical (unpaired) electrons. The minimum absolute atomic E-state index is 0.123. The average molecular weight is 312 g/mol. The maximum Gasteiger partial charge on any atom is 0.272 e. The molecule has 7 nitrogen and oxygen atoms in total. The lowest BCUT2D eigenvalue weighted by Crippen LogP contribution is -2.29. The van der Waals surface area contributed by atoms with Gasteiger partial charge in [0.25, 0.3) is 5.91 Å². The van der Waals surface area contributed by atoms with Crippen molar-refractivity contribution in [1.29, 1.82) is 0 Å². The second kappa shape index (κ2) is 6.08. The highest BCUT2D eigenvalue weighted by Gasteiger charge is 2.26. The Bertz CT molecular complexity index is 704. The molecule has 0 saturated heterocycles. The monoisotopic (exact) mass is 312 g/mol. The van der Waals surface area contributed by atoms with Gasteiger partial charge in [0.2, 0.25) is 0 Å². The van der Waals surface area contributed by atoms with Crippen LogP contribution in [0.15, 0.2) is 12.4 Å². The van der Waals surface area contributed by atoms with Crippen molar-refractivity contribution in [2.75, 3.05) is 13.1 Å². The topological polar surface area (TPSA) is 95.6 Å². The molecule has 2 aromatic heterocycles. The van der Waals surface area contributed by atoms with E-state index in [1.54, 1.807) is 0 Å². The van der Waals surface area contributed by atoms with Crippen LogP contribution in [-0.4, -0.2) is 39.2 Å². The van der Waals surface area contributed by atoms with E-state index < -0.39 is 0 Å². The van der Waals surface area contributed by atoms with E-state index in [1.165, 1.54) is 12.8 Å². The third kappa shape index (κ3) is 3.10. The van der Waals surface area contributed by atoms with E-state index >= 15 is 0 Å². The molecule has 4 rings (SSSR count). The Hall–Kier alpha value is -2.28. The third-order valence-corrected chi connectivity index (χ3v) is 4.39. The number of rotatable bonds is 5. The number of carbonyl (C=O) groups excluding carboxylic acids is 1. The number of H-pyrrole nitrogens is 1. The minimum Gasteiger partial charge on any atom is -0.350 e. The Morgan fingerprint density at radius 2 is 2.13 bits per heavy atom. The lowest BCUT2D eigenvalue weighted by atomic mass is 10.1. The minimum atomic E-state index is -0.123. The molecular weight excluding hydrogens is 292 g/mol. The predicted octanol–water partition coefficient (Wildman–Crippen LogP) is 0.695. The number of hydrogen-bond donors (Lipinski definition) is 3. The van der Waals surface area contributed by atoms with Gasteiger partial charge in [-0.25, -0.2) is 9.97 Å². The SMILES string of the molecule is O=C(NCCc1cnc(C2CC2)nc1)c1n[nH]c2c1CNCC2. The zero-order chi connectivity index (χ0) is 15.6. The van der Waals surface area contributed by atoms with Gasteiger partial charge < -0.3 is 10.6 Å². The summed E-state index contributed by atoms with van der Waals surface area (Å²) in [5.74, 6) is 1.40. The number of fused-ring (bicyclic) bond motifs is 1. The van der Waals surface area contributed by atoms with Crippen LogP contribution in [0.4, 0.5) is 0 Å². The van der Waals surface area contributed by atoms with Gasteiger partial charge in [-0.3, -0.25) is 9.89 Å². The van der Waals surface area contributed by atoms with E-state index in [9.17, 15) is 4.79 Å². The highest BCUT2D eigenvalue weighted by Crippen LogP contribution is 2.37. The molecule has 1 fully saturated rings. The molecule has 0 aromatic carbocycles. The fourth-order valence-corrected chi connectivity index (χ4v) is 2.86. The summed E-state index contributed by atoms with van der Waals surface area (Å²) in [6, 6.07) is 0. The van der Waals surface area contributed by atoms with Crippen molar-refractivity contribution in [3.63, 3.8) is 0 Å². The standard InChI is InChI=1S/C16H20N6O/c23-16(14-12-9-17-5-4-13(12)21-22-14)18-6-3-10-7-19-15(20-8-10)11-1-2-11/h7-8,11,17H,1-6,9H2,(H,18,23)(H,21,22). The number of amides is 1. The second-order valence-electron chi connectivity index (χ2n) is 6.19. The summed E-state index contributed by atoms with van der Waals surface area (Å²) in [6.07, 6.45) is 7.76. The quantitative estimate of drug-likeness (QED) is 0.755. The van der Waals surface area contributed by atoms with Crippen molar-refractivity contribution in [3.8, 4) is 0 Å². The molecule has 1 aliphatic carbocycles. The highest BCUT2D eigenvalue weighted by molar-refractivity contribution is 5.94. The van der Waals surface area contributed by atoms with Crippen LogP contribution >= 0.6 is 0 Å². The van der Waals surface area contributed by atoms with Crippen LogP contribution in [-0.2, 0) is 19.4 Å². The number of nitrogens with zero attached hydrogens (tertiary/aromatic N) is 3. The summed E-state index contributed by atoms with van der Waals surface area (Å²) in [5, 5.41) is 13.3. The molecule has 3 N–H and O–H groups in total. The number of nitrogens with one attached hydrogen (secondary N) is 3. The summed E-state index contributed by atoms with van der Waals surface area (Å²) in [4.78, 5) is 21.1. The zero-order valence-corrected chi connectivity index (χ0v) is 12.9. The smallest absolute Gasteiger partial charge is 0.272 e. The van der Waals surface area contributed by atoms with Gasteiger partial charge in [-0.15, -0.1) is 0 Å². The summed E-state index contributed by atoms with van der Waals surface area (Å²) < 4.78 is 0. The van der Waals surface area contributed by atoms with Crippen LogP contribution in [0.25, 0.3) is 0 Å². The normalized spacial score (nSPS) is 16.9. The van der Waals surface area contributed by atoms with Gasteiger partial charge in [0.15, 0.2) is 5.69 Å². The van der Waals surface area contributed by atoms with Gasteiger partial charge in [0.1, 0.15) is 5.82 Å². The van der Waals surface area contributed by atoms with Crippen molar-refractivity contribution in [2.24, 2.45) is 0 Å². The predicted molar refractivity (Wildman–Crippen MR) is 84.0 cm³/mol. The number of aromatic amines is 1. The van der Waals surface area contributed by atoms with Gasteiger partial charge >= 0.3 is 0 Å². The summed E-state index contributed by atoms with van der Waals surface area (Å²) in [6.45, 7) is 2.18. The van der Waals surface area contributed by atoms with Crippen molar-refractivity contribution >= 4 is 5.91 Å². The van der Waals surface area contributed by atoms with Gasteiger partial charge in [-0.05, 0) is 24.8 Å². The summed E-state index contributed by atoms with van der Waals surface area (Å²) in [5.41, 5.74) is 3.61. The zero-order valence-electron chi connectivity index (χ0n) is 12.9. The molecule has 23 heavy (non-hydrogen) atoms. The van der Waals surface area contributed by atoms with E-state index in [2.05, 4.69) is 30.8 Å². The van der Waals surface area contributed by atoms with Crippen LogP contribution in [0.3, 0.4) is 0 Å². The lowest BCUT2D eigenvalue weighted by Gasteiger charge is -2.12. The van der Waals surface area contributed by atoms with Crippen molar-refractivity contribution < 1.29 is 4.79 Å². The first-order valence-electron chi connectivity index (χ1n) is 8.17. The van der Waals surface area contributed by atoms with E-state index in [4.69, 9.17) is 0 Å². The first-order valence-corrected chi connectivity index (χ1v) is 8.17. The first-order chi connectivity index (χ1) is 11.3. The highest BCUT2D eigenvalue weighted by atomic mass is 16.1. The Morgan fingerprint density at radius 3 is 2.91 bits per heavy atom. The first kappa shape index (κ1) is 14.3. The summed E-state index contributed by atoms with van der Waals surface area (Å²) >= 11 is 0. The average Bonchev–Trinajstić information content (AvgIpc) is 3.34. The molecule has 2 aromatic rings. The van der Waals surface area contributed by atoms with Crippen LogP contribution in [0.5, 0.6) is 0 Å². The van der Waals surface area contributed by atoms with Gasteiger partial charge in [-0.1, -0.05) is 0 Å². The molecule has 1 aliphatic heterocycles. The van der Waals surface area contributed by atoms with Crippen LogP contribution < -0.4 is 10.6 Å². The van der Waals surface area contributed by atoms with Crippen molar-refractivity contribution in [1.82, 2.24) is 30.8 Å². The third-order valence-electron chi connectivity index (χ3n) is 4.39. The number of hydrogen-bond acceptors (Lipinski definition) is 5. The summed E-state index contributed by atoms with van der Waals surface area (Å²) in [7, 11) is 0. The van der Waals surface area contributed by atoms with Crippen LogP contribution in [0.2, 0.25) is 0 Å². The number of carbonyl (C=O) groups is 1. The molecule has 2 aliphatic rings. The fourth-order valence-electron chi connectivity index (χ4n) is 2.86. The molecule has 1 saturated carbocycles. The van der Waals surface area contributed by atoms with E-state index in [1.807, 2.05) is 12.4 Å². The maximum absolute atomic E-state index is 12.3. The molecule has 0 bridgehead atoms. The molecule has 3 heterocycles. The van der Waals surface area contributed by atoms with Crippen LogP contribution in [0.1, 0.15) is 51.9 Å². The van der Waals surface area contributed by atoms with Crippen molar-refractivity contribution in [2.45, 2.75) is 38.1 Å². The van der Waals surface area contributed by atoms with E-state index in [0.29, 0.717) is 24.7 Å². The largest absolute Gasteiger partial charge is 0.350 e. The van der Waals surface area contributed by atoms with Gasteiger partial charge in [-0.2, -0.15) is 5.10 Å². The molecule has 1 amide bonds. The molecule has 0 unspecified atom stereocenters. The molecule has 7 heteroatoms. The molecule has 0 atom stereocenters. The molecular formula is C16H20N6O.